The molecule has 0 bridgehead atoms. The molecular formula is C21H20N2O4. The van der Waals surface area contributed by atoms with Gasteiger partial charge in [-0.05, 0) is 28.8 Å². The summed E-state index contributed by atoms with van der Waals surface area (Å²) in [5.74, 6) is -0.252. The van der Waals surface area contributed by atoms with Gasteiger partial charge in [0.15, 0.2) is 5.60 Å². The highest BCUT2D eigenvalue weighted by Gasteiger charge is 2.34. The number of amides is 1. The first-order valence-corrected chi connectivity index (χ1v) is 8.50. The van der Waals surface area contributed by atoms with E-state index < -0.39 is 10.5 Å². The number of nitrogens with one attached hydrogen (secondary N) is 1. The van der Waals surface area contributed by atoms with E-state index in [1.807, 2.05) is 42.5 Å². The van der Waals surface area contributed by atoms with Crippen molar-refractivity contribution in [3.05, 3.63) is 88.5 Å². The lowest BCUT2D eigenvalue weighted by atomic mass is 9.86. The minimum absolute atomic E-state index is 0.0171. The molecule has 1 N–H and O–H groups in total. The number of carbonyl (C=O) groups is 1. The van der Waals surface area contributed by atoms with Crippen LogP contribution in [0.4, 0.5) is 5.69 Å². The van der Waals surface area contributed by atoms with Crippen LogP contribution in [-0.4, -0.2) is 30.6 Å². The number of methoxy groups -OCH3 is 1. The third-order valence-corrected chi connectivity index (χ3v) is 4.68. The van der Waals surface area contributed by atoms with Gasteiger partial charge in [0.25, 0.3) is 11.6 Å². The fraction of sp³-hybridized carbons (Fsp3) is 0.190. The molecule has 0 radical (unpaired) electrons. The Bertz CT molecular complexity index is 919. The molecule has 0 saturated heterocycles. The number of nitro benzene ring substituents is 1. The van der Waals surface area contributed by atoms with E-state index in [2.05, 4.69) is 5.32 Å². The van der Waals surface area contributed by atoms with Crippen LogP contribution in [0.2, 0.25) is 0 Å². The van der Waals surface area contributed by atoms with Crippen molar-refractivity contribution in [2.45, 2.75) is 11.5 Å². The van der Waals surface area contributed by atoms with Crippen LogP contribution in [-0.2, 0) is 9.53 Å². The Morgan fingerprint density at radius 3 is 2.33 bits per heavy atom. The number of hydrogen-bond donors (Lipinski definition) is 1. The zero-order valence-electron chi connectivity index (χ0n) is 15.1. The van der Waals surface area contributed by atoms with Crippen LogP contribution in [0.25, 0.3) is 11.1 Å². The van der Waals surface area contributed by atoms with Crippen molar-refractivity contribution >= 4 is 11.6 Å². The van der Waals surface area contributed by atoms with E-state index >= 15 is 0 Å². The molecule has 0 spiro atoms. The SMILES string of the molecule is CNC(=O)C1(OC)C=CC(c2cccc(-c3cccc([N+](=O)[O-])c3)c2)C=C1. The summed E-state index contributed by atoms with van der Waals surface area (Å²) in [4.78, 5) is 22.7. The van der Waals surface area contributed by atoms with Gasteiger partial charge in [0.2, 0.25) is 0 Å². The quantitative estimate of drug-likeness (QED) is 0.499. The smallest absolute Gasteiger partial charge is 0.270 e. The number of nitrogens with zero attached hydrogens (tertiary/aromatic N) is 1. The summed E-state index contributed by atoms with van der Waals surface area (Å²) in [6.45, 7) is 0. The first-order valence-electron chi connectivity index (χ1n) is 8.50. The molecule has 138 valence electrons. The number of allylic oxidation sites excluding steroid dienone is 2. The lowest BCUT2D eigenvalue weighted by Crippen LogP contribution is -2.44. The topological polar surface area (TPSA) is 81.5 Å². The van der Waals surface area contributed by atoms with Crippen molar-refractivity contribution in [3.63, 3.8) is 0 Å². The molecule has 0 fully saturated rings. The second-order valence-corrected chi connectivity index (χ2v) is 6.25. The third-order valence-electron chi connectivity index (χ3n) is 4.68. The van der Waals surface area contributed by atoms with Crippen molar-refractivity contribution in [1.82, 2.24) is 5.32 Å². The van der Waals surface area contributed by atoms with Gasteiger partial charge < -0.3 is 10.1 Å². The number of ether oxygens (including phenoxy) is 1. The third kappa shape index (κ3) is 3.66. The monoisotopic (exact) mass is 364 g/mol. The summed E-state index contributed by atoms with van der Waals surface area (Å²) in [7, 11) is 3.06. The van der Waals surface area contributed by atoms with Crippen LogP contribution in [0.1, 0.15) is 11.5 Å². The molecule has 1 aliphatic rings. The summed E-state index contributed by atoms with van der Waals surface area (Å²) in [5.41, 5.74) is 1.67. The molecule has 6 heteroatoms. The van der Waals surface area contributed by atoms with Gasteiger partial charge in [0.1, 0.15) is 0 Å². The van der Waals surface area contributed by atoms with Gasteiger partial charge in [-0.1, -0.05) is 48.6 Å². The normalized spacial score (nSPS) is 21.0. The predicted octanol–water partition coefficient (Wildman–Crippen LogP) is 3.60. The van der Waals surface area contributed by atoms with Crippen molar-refractivity contribution in [1.29, 1.82) is 0 Å². The summed E-state index contributed by atoms with van der Waals surface area (Å²) < 4.78 is 5.39. The lowest BCUT2D eigenvalue weighted by Gasteiger charge is -2.28. The number of non-ortho nitro benzene ring substituents is 1. The van der Waals surface area contributed by atoms with Gasteiger partial charge >= 0.3 is 0 Å². The second-order valence-electron chi connectivity index (χ2n) is 6.25. The number of benzene rings is 2. The van der Waals surface area contributed by atoms with Gasteiger partial charge in [0.05, 0.1) is 4.92 Å². The molecule has 0 aliphatic heterocycles. The van der Waals surface area contributed by atoms with E-state index in [0.29, 0.717) is 0 Å². The number of nitro groups is 1. The molecule has 0 saturated carbocycles. The summed E-state index contributed by atoms with van der Waals surface area (Å²) in [6.07, 6.45) is 7.34. The van der Waals surface area contributed by atoms with Crippen molar-refractivity contribution in [2.24, 2.45) is 0 Å². The van der Waals surface area contributed by atoms with Gasteiger partial charge in [-0.25, -0.2) is 0 Å². The molecule has 0 atom stereocenters. The maximum absolute atomic E-state index is 12.1. The summed E-state index contributed by atoms with van der Waals surface area (Å²) in [5, 5.41) is 13.6. The zero-order chi connectivity index (χ0) is 19.4. The van der Waals surface area contributed by atoms with E-state index in [1.165, 1.54) is 13.2 Å². The number of rotatable bonds is 5. The maximum Gasteiger partial charge on any atom is 0.270 e. The first-order chi connectivity index (χ1) is 13.0. The fourth-order valence-corrected chi connectivity index (χ4v) is 3.14. The van der Waals surface area contributed by atoms with Crippen molar-refractivity contribution in [3.8, 4) is 11.1 Å². The van der Waals surface area contributed by atoms with E-state index in [-0.39, 0.29) is 17.5 Å². The molecule has 2 aromatic rings. The Kier molecular flexibility index (Phi) is 5.19. The molecule has 27 heavy (non-hydrogen) atoms. The van der Waals surface area contributed by atoms with Crippen LogP contribution in [0.3, 0.4) is 0 Å². The molecule has 1 aliphatic carbocycles. The van der Waals surface area contributed by atoms with Crippen LogP contribution >= 0.6 is 0 Å². The Morgan fingerprint density at radius 1 is 1.11 bits per heavy atom. The Morgan fingerprint density at radius 2 is 1.74 bits per heavy atom. The average Bonchev–Trinajstić information content (AvgIpc) is 2.73. The molecule has 0 aromatic heterocycles. The van der Waals surface area contributed by atoms with E-state index in [9.17, 15) is 14.9 Å². The molecule has 0 heterocycles. The Hall–Kier alpha value is -3.25. The van der Waals surface area contributed by atoms with Crippen LogP contribution in [0.15, 0.2) is 72.8 Å². The van der Waals surface area contributed by atoms with Crippen LogP contribution < -0.4 is 5.32 Å². The van der Waals surface area contributed by atoms with E-state index in [4.69, 9.17) is 4.74 Å². The fourth-order valence-electron chi connectivity index (χ4n) is 3.14. The number of hydrogen-bond acceptors (Lipinski definition) is 4. The van der Waals surface area contributed by atoms with Crippen LogP contribution in [0.5, 0.6) is 0 Å². The van der Waals surface area contributed by atoms with Gasteiger partial charge in [-0.3, -0.25) is 14.9 Å². The van der Waals surface area contributed by atoms with Crippen molar-refractivity contribution in [2.75, 3.05) is 14.2 Å². The molecule has 3 rings (SSSR count). The van der Waals surface area contributed by atoms with Gasteiger partial charge in [0, 0.05) is 32.2 Å². The highest BCUT2D eigenvalue weighted by atomic mass is 16.6. The molecule has 6 nitrogen and oxygen atoms in total. The van der Waals surface area contributed by atoms with Crippen molar-refractivity contribution < 1.29 is 14.5 Å². The van der Waals surface area contributed by atoms with Crippen LogP contribution in [0, 0.1) is 10.1 Å². The second kappa shape index (κ2) is 7.55. The molecule has 2 aromatic carbocycles. The predicted molar refractivity (Wildman–Crippen MR) is 103 cm³/mol. The van der Waals surface area contributed by atoms with E-state index in [0.717, 1.165) is 16.7 Å². The standard InChI is InChI=1S/C21H20N2O4/c1-22-20(24)21(27-2)11-9-15(10-12-21)16-5-3-6-17(13-16)18-7-4-8-19(14-18)23(25)26/h3-15H,1-2H3,(H,22,24). The summed E-state index contributed by atoms with van der Waals surface area (Å²) >= 11 is 0. The van der Waals surface area contributed by atoms with Gasteiger partial charge in [-0.15, -0.1) is 0 Å². The lowest BCUT2D eigenvalue weighted by molar-refractivity contribution is -0.384. The Labute approximate surface area is 157 Å². The molecule has 0 unspecified atom stereocenters. The minimum Gasteiger partial charge on any atom is -0.360 e. The number of carbonyl (C=O) groups excluding carboxylic acids is 1. The highest BCUT2D eigenvalue weighted by molar-refractivity contribution is 5.90. The van der Waals surface area contributed by atoms with E-state index in [1.54, 1.807) is 31.3 Å². The molecular weight excluding hydrogens is 344 g/mol. The maximum atomic E-state index is 12.1. The zero-order valence-corrected chi connectivity index (χ0v) is 15.1. The Balaban J connectivity index is 1.89. The summed E-state index contributed by atoms with van der Waals surface area (Å²) in [6, 6.07) is 14.4. The highest BCUT2D eigenvalue weighted by Crippen LogP contribution is 2.31. The molecule has 1 amide bonds. The van der Waals surface area contributed by atoms with Gasteiger partial charge in [-0.2, -0.15) is 0 Å². The largest absolute Gasteiger partial charge is 0.360 e. The minimum atomic E-state index is -1.09. The average molecular weight is 364 g/mol. The number of likely N-dealkylation sites (N-methyl/N-ethyl adjacent to an activating group) is 1. The first kappa shape index (κ1) is 18.5.